The lowest BCUT2D eigenvalue weighted by Gasteiger charge is -2.22. The molecule has 0 aliphatic heterocycles. The average molecular weight is 365 g/mol. The van der Waals surface area contributed by atoms with E-state index in [2.05, 4.69) is 29.3 Å². The molecule has 0 atom stereocenters. The molecule has 1 aliphatic rings. The highest BCUT2D eigenvalue weighted by atomic mass is 16.5. The Morgan fingerprint density at radius 1 is 1.04 bits per heavy atom. The van der Waals surface area contributed by atoms with Gasteiger partial charge < -0.3 is 9.72 Å². The van der Waals surface area contributed by atoms with E-state index in [1.54, 1.807) is 0 Å². The maximum atomic E-state index is 9.92. The van der Waals surface area contributed by atoms with Gasteiger partial charge in [0.25, 0.3) is 0 Å². The number of fused-ring (bicyclic) bond motifs is 5. The summed E-state index contributed by atoms with van der Waals surface area (Å²) in [5, 5.41) is 11.2. The van der Waals surface area contributed by atoms with Gasteiger partial charge in [0.05, 0.1) is 18.0 Å². The Kier molecular flexibility index (Phi) is 3.87. The Morgan fingerprint density at radius 2 is 1.79 bits per heavy atom. The van der Waals surface area contributed by atoms with Gasteiger partial charge >= 0.3 is 0 Å². The monoisotopic (exact) mass is 365 g/mol. The van der Waals surface area contributed by atoms with E-state index in [-0.39, 0.29) is 0 Å². The number of hydrogen-bond acceptors (Lipinski definition) is 3. The molecule has 0 saturated carbocycles. The van der Waals surface area contributed by atoms with E-state index in [0.29, 0.717) is 18.1 Å². The van der Waals surface area contributed by atoms with Crippen LogP contribution in [0.25, 0.3) is 33.4 Å². The highest BCUT2D eigenvalue weighted by molar-refractivity contribution is 5.93. The molecule has 2 heterocycles. The van der Waals surface area contributed by atoms with Crippen molar-refractivity contribution in [3.8, 4) is 34.5 Å². The first-order valence-electron chi connectivity index (χ1n) is 9.57. The van der Waals surface area contributed by atoms with Crippen molar-refractivity contribution in [2.75, 3.05) is 6.61 Å². The zero-order valence-electron chi connectivity index (χ0n) is 15.6. The molecule has 136 valence electrons. The topological polar surface area (TPSA) is 61.7 Å². The van der Waals surface area contributed by atoms with Crippen LogP contribution >= 0.6 is 0 Å². The van der Waals surface area contributed by atoms with Crippen LogP contribution in [0, 0.1) is 11.3 Å². The number of ether oxygens (including phenoxy) is 1. The van der Waals surface area contributed by atoms with Gasteiger partial charge in [0, 0.05) is 16.5 Å². The minimum Gasteiger partial charge on any atom is -0.477 e. The number of rotatable bonds is 3. The first-order chi connectivity index (χ1) is 13.8. The lowest BCUT2D eigenvalue weighted by atomic mass is 9.85. The molecule has 0 amide bonds. The predicted molar refractivity (Wildman–Crippen MR) is 110 cm³/mol. The van der Waals surface area contributed by atoms with E-state index in [9.17, 15) is 5.26 Å². The fraction of sp³-hybridized carbons (Fsp3) is 0.167. The van der Waals surface area contributed by atoms with Gasteiger partial charge in [0.15, 0.2) is 0 Å². The van der Waals surface area contributed by atoms with Crippen LogP contribution in [-0.2, 0) is 12.8 Å². The molecule has 5 rings (SSSR count). The van der Waals surface area contributed by atoms with Crippen LogP contribution in [0.2, 0.25) is 0 Å². The molecule has 1 N–H and O–H groups in total. The van der Waals surface area contributed by atoms with E-state index in [4.69, 9.17) is 9.72 Å². The standard InChI is InChI=1S/C24H19N3O/c1-2-28-24-19(14-25)21(15-8-4-3-5-9-15)18-13-12-17-16-10-6-7-11-20(16)26-22(17)23(18)27-24/h3-11,26H,2,12-13H2,1H3. The second kappa shape index (κ2) is 6.54. The number of para-hydroxylation sites is 1. The third kappa shape index (κ3) is 2.40. The van der Waals surface area contributed by atoms with Gasteiger partial charge in [-0.05, 0) is 42.5 Å². The molecule has 4 nitrogen and oxygen atoms in total. The second-order valence-electron chi connectivity index (χ2n) is 6.93. The zero-order chi connectivity index (χ0) is 19.1. The number of aromatic nitrogens is 2. The fourth-order valence-corrected chi connectivity index (χ4v) is 4.23. The van der Waals surface area contributed by atoms with Crippen LogP contribution in [-0.4, -0.2) is 16.6 Å². The van der Waals surface area contributed by atoms with Gasteiger partial charge in [0.2, 0.25) is 5.88 Å². The van der Waals surface area contributed by atoms with Crippen LogP contribution in [0.1, 0.15) is 23.6 Å². The molecular weight excluding hydrogens is 346 g/mol. The number of aromatic amines is 1. The minimum absolute atomic E-state index is 0.411. The zero-order valence-corrected chi connectivity index (χ0v) is 15.6. The summed E-state index contributed by atoms with van der Waals surface area (Å²) in [5.74, 6) is 0.411. The Hall–Kier alpha value is -3.58. The van der Waals surface area contributed by atoms with E-state index in [1.165, 1.54) is 10.9 Å². The molecule has 0 saturated heterocycles. The van der Waals surface area contributed by atoms with Crippen molar-refractivity contribution in [3.05, 3.63) is 71.3 Å². The quantitative estimate of drug-likeness (QED) is 0.538. The van der Waals surface area contributed by atoms with E-state index in [0.717, 1.165) is 46.4 Å². The molecule has 0 radical (unpaired) electrons. The molecule has 0 fully saturated rings. The summed E-state index contributed by atoms with van der Waals surface area (Å²) in [5.41, 5.74) is 7.96. The summed E-state index contributed by atoms with van der Waals surface area (Å²) in [7, 11) is 0. The molecule has 0 spiro atoms. The largest absolute Gasteiger partial charge is 0.477 e. The van der Waals surface area contributed by atoms with Crippen LogP contribution < -0.4 is 4.74 Å². The smallest absolute Gasteiger partial charge is 0.232 e. The summed E-state index contributed by atoms with van der Waals surface area (Å²) < 4.78 is 5.80. The van der Waals surface area contributed by atoms with Gasteiger partial charge in [-0.15, -0.1) is 0 Å². The van der Waals surface area contributed by atoms with E-state index < -0.39 is 0 Å². The van der Waals surface area contributed by atoms with Crippen molar-refractivity contribution in [1.29, 1.82) is 5.26 Å². The molecule has 4 aromatic rings. The van der Waals surface area contributed by atoms with Crippen molar-refractivity contribution in [2.24, 2.45) is 0 Å². The summed E-state index contributed by atoms with van der Waals surface area (Å²) in [6.07, 6.45) is 1.77. The molecular formula is C24H19N3O. The number of hydrogen-bond donors (Lipinski definition) is 1. The maximum Gasteiger partial charge on any atom is 0.232 e. The summed E-state index contributed by atoms with van der Waals surface area (Å²) >= 11 is 0. The number of nitrogens with one attached hydrogen (secondary N) is 1. The first kappa shape index (κ1) is 16.6. The van der Waals surface area contributed by atoms with Crippen LogP contribution in [0.4, 0.5) is 0 Å². The second-order valence-corrected chi connectivity index (χ2v) is 6.93. The minimum atomic E-state index is 0.411. The van der Waals surface area contributed by atoms with Crippen LogP contribution in [0.5, 0.6) is 5.88 Å². The fourth-order valence-electron chi connectivity index (χ4n) is 4.23. The van der Waals surface area contributed by atoms with E-state index in [1.807, 2.05) is 43.3 Å². The Bertz CT molecular complexity index is 1230. The maximum absolute atomic E-state index is 9.92. The van der Waals surface area contributed by atoms with Crippen LogP contribution in [0.15, 0.2) is 54.6 Å². The van der Waals surface area contributed by atoms with Crippen molar-refractivity contribution in [1.82, 2.24) is 9.97 Å². The SMILES string of the molecule is CCOc1nc2c(c(-c3ccccc3)c1C#N)CCc1c-2[nH]c2ccccc12. The van der Waals surface area contributed by atoms with Crippen molar-refractivity contribution < 1.29 is 4.74 Å². The highest BCUT2D eigenvalue weighted by Gasteiger charge is 2.28. The van der Waals surface area contributed by atoms with Crippen molar-refractivity contribution in [2.45, 2.75) is 19.8 Å². The first-order valence-corrected chi connectivity index (χ1v) is 9.57. The van der Waals surface area contributed by atoms with Crippen LogP contribution in [0.3, 0.4) is 0 Å². The molecule has 1 aliphatic carbocycles. The molecule has 4 heteroatoms. The van der Waals surface area contributed by atoms with Gasteiger partial charge in [0.1, 0.15) is 11.6 Å². The molecule has 2 aromatic carbocycles. The molecule has 0 bridgehead atoms. The predicted octanol–water partition coefficient (Wildman–Crippen LogP) is 5.27. The Labute approximate surface area is 163 Å². The molecule has 0 unspecified atom stereocenters. The lowest BCUT2D eigenvalue weighted by Crippen LogP contribution is -2.11. The van der Waals surface area contributed by atoms with Crippen molar-refractivity contribution in [3.63, 3.8) is 0 Å². The Balaban J connectivity index is 1.86. The van der Waals surface area contributed by atoms with Gasteiger partial charge in [-0.2, -0.15) is 5.26 Å². The summed E-state index contributed by atoms with van der Waals surface area (Å²) in [6, 6.07) is 20.8. The summed E-state index contributed by atoms with van der Waals surface area (Å²) in [6.45, 7) is 2.38. The number of nitrogens with zero attached hydrogens (tertiary/aromatic N) is 2. The van der Waals surface area contributed by atoms with E-state index >= 15 is 0 Å². The Morgan fingerprint density at radius 3 is 2.57 bits per heavy atom. The number of aryl methyl sites for hydroxylation is 1. The normalized spacial score (nSPS) is 12.3. The average Bonchev–Trinajstić information content (AvgIpc) is 3.13. The number of benzene rings is 2. The number of nitriles is 1. The van der Waals surface area contributed by atoms with Gasteiger partial charge in [-0.1, -0.05) is 48.5 Å². The summed E-state index contributed by atoms with van der Waals surface area (Å²) in [4.78, 5) is 8.38. The molecule has 2 aromatic heterocycles. The molecule has 28 heavy (non-hydrogen) atoms. The van der Waals surface area contributed by atoms with Gasteiger partial charge in [-0.3, -0.25) is 0 Å². The number of pyridine rings is 1. The number of H-pyrrole nitrogens is 1. The van der Waals surface area contributed by atoms with Crippen molar-refractivity contribution >= 4 is 10.9 Å². The lowest BCUT2D eigenvalue weighted by molar-refractivity contribution is 0.326. The third-order valence-corrected chi connectivity index (χ3v) is 5.40. The highest BCUT2D eigenvalue weighted by Crippen LogP contribution is 2.43. The van der Waals surface area contributed by atoms with Gasteiger partial charge in [-0.25, -0.2) is 4.98 Å². The third-order valence-electron chi connectivity index (χ3n) is 5.40.